The third-order valence-corrected chi connectivity index (χ3v) is 6.31. The minimum atomic E-state index is -1.54. The van der Waals surface area contributed by atoms with Crippen molar-refractivity contribution in [3.05, 3.63) is 106 Å². The molecule has 0 atom stereocenters. The summed E-state index contributed by atoms with van der Waals surface area (Å²) in [4.78, 5) is 70.6. The largest absolute Gasteiger partial charge is 0.506 e. The number of carbonyl (C=O) groups is 6. The van der Waals surface area contributed by atoms with Gasteiger partial charge in [-0.3, -0.25) is 9.59 Å². The lowest BCUT2D eigenvalue weighted by Gasteiger charge is -2.12. The minimum absolute atomic E-state index is 0.0549. The molecule has 0 saturated heterocycles. The van der Waals surface area contributed by atoms with Gasteiger partial charge >= 0.3 is 23.9 Å². The molecule has 0 aliphatic rings. The van der Waals surface area contributed by atoms with Crippen molar-refractivity contribution in [1.29, 1.82) is 0 Å². The number of hydrogen-bond donors (Lipinski definition) is 8. The molecule has 4 aromatic carbocycles. The van der Waals surface area contributed by atoms with Crippen molar-refractivity contribution in [2.45, 2.75) is 0 Å². The number of phenolic OH excluding ortho intramolecular Hbond substituents is 2. The van der Waals surface area contributed by atoms with Gasteiger partial charge in [-0.1, -0.05) is 12.1 Å². The van der Waals surface area contributed by atoms with Crippen molar-refractivity contribution in [2.75, 3.05) is 10.6 Å². The second-order valence-corrected chi connectivity index (χ2v) is 9.11. The highest BCUT2D eigenvalue weighted by molar-refractivity contribution is 6.10. The molecule has 0 aliphatic carbocycles. The van der Waals surface area contributed by atoms with Gasteiger partial charge in [-0.15, -0.1) is 0 Å². The number of carbonyl (C=O) groups excluding carboxylic acids is 2. The van der Waals surface area contributed by atoms with Crippen LogP contribution in [0.2, 0.25) is 0 Å². The first-order valence-electron chi connectivity index (χ1n) is 12.3. The monoisotopic (exact) mass is 600 g/mol. The molecule has 8 N–H and O–H groups in total. The van der Waals surface area contributed by atoms with Gasteiger partial charge in [0.1, 0.15) is 11.5 Å². The smallest absolute Gasteiger partial charge is 0.336 e. The molecule has 0 bridgehead atoms. The van der Waals surface area contributed by atoms with E-state index in [4.69, 9.17) is 10.2 Å². The summed E-state index contributed by atoms with van der Waals surface area (Å²) in [6.45, 7) is 0. The predicted octanol–water partition coefficient (Wildman–Crippen LogP) is 4.06. The molecule has 2 amide bonds. The first kappa shape index (κ1) is 30.3. The molecule has 14 nitrogen and oxygen atoms in total. The van der Waals surface area contributed by atoms with Crippen LogP contribution >= 0.6 is 0 Å². The van der Waals surface area contributed by atoms with Gasteiger partial charge in [-0.25, -0.2) is 19.2 Å². The fraction of sp³-hybridized carbons (Fsp3) is 0. The predicted molar refractivity (Wildman–Crippen MR) is 152 cm³/mol. The summed E-state index contributed by atoms with van der Waals surface area (Å²) in [6, 6.07) is 14.1. The lowest BCUT2D eigenvalue weighted by Crippen LogP contribution is -2.15. The van der Waals surface area contributed by atoms with Crippen molar-refractivity contribution in [3.63, 3.8) is 0 Å². The van der Waals surface area contributed by atoms with Gasteiger partial charge in [0.05, 0.1) is 33.6 Å². The Bertz CT molecular complexity index is 1760. The number of carboxylic acids is 4. The van der Waals surface area contributed by atoms with Gasteiger partial charge in [-0.05, 0) is 71.8 Å². The molecule has 0 saturated carbocycles. The van der Waals surface area contributed by atoms with E-state index in [-0.39, 0.29) is 22.5 Å². The number of aromatic hydroxyl groups is 2. The summed E-state index contributed by atoms with van der Waals surface area (Å²) >= 11 is 0. The normalized spacial score (nSPS) is 10.5. The number of amides is 2. The van der Waals surface area contributed by atoms with E-state index in [1.165, 1.54) is 36.4 Å². The second-order valence-electron chi connectivity index (χ2n) is 9.11. The summed E-state index contributed by atoms with van der Waals surface area (Å²) in [6.07, 6.45) is 0. The van der Waals surface area contributed by atoms with Gasteiger partial charge < -0.3 is 41.3 Å². The van der Waals surface area contributed by atoms with E-state index in [2.05, 4.69) is 10.6 Å². The van der Waals surface area contributed by atoms with Crippen LogP contribution in [0, 0.1) is 0 Å². The van der Waals surface area contributed by atoms with Gasteiger partial charge in [0, 0.05) is 11.1 Å². The SMILES string of the molecule is O=C(Nc1ccc(-c2ccc(NC(=O)c3ccc(C(=O)O)c(C(=O)O)c3)c(O)c2)cc1O)c1ccc(C(=O)O)c(C(=O)O)c1. The summed E-state index contributed by atoms with van der Waals surface area (Å²) in [5, 5.41) is 62.6. The van der Waals surface area contributed by atoms with E-state index in [0.29, 0.717) is 11.1 Å². The Morgan fingerprint density at radius 2 is 0.773 bits per heavy atom. The zero-order valence-electron chi connectivity index (χ0n) is 22.1. The Hall–Kier alpha value is -6.70. The van der Waals surface area contributed by atoms with Crippen molar-refractivity contribution in [2.24, 2.45) is 0 Å². The molecule has 0 heterocycles. The molecular weight excluding hydrogens is 580 g/mol. The van der Waals surface area contributed by atoms with E-state index < -0.39 is 69.4 Å². The summed E-state index contributed by atoms with van der Waals surface area (Å²) < 4.78 is 0. The Labute approximate surface area is 246 Å². The van der Waals surface area contributed by atoms with E-state index in [0.717, 1.165) is 36.4 Å². The molecule has 4 aromatic rings. The number of hydrogen-bond acceptors (Lipinski definition) is 8. The number of phenols is 2. The Kier molecular flexibility index (Phi) is 8.28. The van der Waals surface area contributed by atoms with E-state index in [1.807, 2.05) is 0 Å². The molecule has 0 radical (unpaired) electrons. The maximum absolute atomic E-state index is 12.7. The first-order chi connectivity index (χ1) is 20.8. The summed E-state index contributed by atoms with van der Waals surface area (Å²) in [5.41, 5.74) is -1.89. The van der Waals surface area contributed by atoms with E-state index in [1.54, 1.807) is 0 Å². The molecule has 0 spiro atoms. The van der Waals surface area contributed by atoms with Crippen LogP contribution in [0.1, 0.15) is 62.1 Å². The molecular formula is C30H20N2O12. The molecule has 44 heavy (non-hydrogen) atoms. The summed E-state index contributed by atoms with van der Waals surface area (Å²) in [7, 11) is 0. The van der Waals surface area contributed by atoms with Gasteiger partial charge in [-0.2, -0.15) is 0 Å². The quantitative estimate of drug-likeness (QED) is 0.127. The number of rotatable bonds is 9. The average Bonchev–Trinajstić information content (AvgIpc) is 2.98. The average molecular weight is 600 g/mol. The van der Waals surface area contributed by atoms with Crippen molar-refractivity contribution < 1.29 is 59.4 Å². The van der Waals surface area contributed by atoms with Crippen LogP contribution in [0.15, 0.2) is 72.8 Å². The van der Waals surface area contributed by atoms with Crippen molar-refractivity contribution >= 4 is 47.1 Å². The Morgan fingerprint density at radius 1 is 0.432 bits per heavy atom. The topological polar surface area (TPSA) is 248 Å². The molecule has 0 aromatic heterocycles. The number of aromatic carboxylic acids is 4. The molecule has 0 fully saturated rings. The minimum Gasteiger partial charge on any atom is -0.506 e. The molecule has 0 aliphatic heterocycles. The van der Waals surface area contributed by atoms with Crippen LogP contribution in [-0.4, -0.2) is 66.3 Å². The zero-order valence-corrected chi connectivity index (χ0v) is 22.1. The van der Waals surface area contributed by atoms with Crippen molar-refractivity contribution in [1.82, 2.24) is 0 Å². The Morgan fingerprint density at radius 3 is 1.07 bits per heavy atom. The highest BCUT2D eigenvalue weighted by atomic mass is 16.4. The third kappa shape index (κ3) is 6.28. The first-order valence-corrected chi connectivity index (χ1v) is 12.3. The number of nitrogens with one attached hydrogen (secondary N) is 2. The number of benzene rings is 4. The van der Waals surface area contributed by atoms with Crippen LogP contribution in [0.5, 0.6) is 11.5 Å². The number of anilines is 2. The maximum atomic E-state index is 12.7. The third-order valence-electron chi connectivity index (χ3n) is 6.31. The number of carboxylic acid groups (broad SMARTS) is 4. The second kappa shape index (κ2) is 12.0. The summed E-state index contributed by atoms with van der Waals surface area (Å²) in [5.74, 6) is -8.48. The lowest BCUT2D eigenvalue weighted by molar-refractivity contribution is 0.0651. The fourth-order valence-corrected chi connectivity index (χ4v) is 4.12. The molecule has 0 unspecified atom stereocenters. The highest BCUT2D eigenvalue weighted by Gasteiger charge is 2.21. The van der Waals surface area contributed by atoms with Gasteiger partial charge in [0.2, 0.25) is 0 Å². The molecule has 4 rings (SSSR count). The Balaban J connectivity index is 1.51. The van der Waals surface area contributed by atoms with E-state index >= 15 is 0 Å². The highest BCUT2D eigenvalue weighted by Crippen LogP contribution is 2.34. The van der Waals surface area contributed by atoms with Crippen LogP contribution in [0.4, 0.5) is 11.4 Å². The van der Waals surface area contributed by atoms with Crippen LogP contribution in [0.3, 0.4) is 0 Å². The van der Waals surface area contributed by atoms with E-state index in [9.17, 15) is 49.2 Å². The van der Waals surface area contributed by atoms with Crippen LogP contribution in [0.25, 0.3) is 11.1 Å². The van der Waals surface area contributed by atoms with Crippen molar-refractivity contribution in [3.8, 4) is 22.6 Å². The van der Waals surface area contributed by atoms with Crippen LogP contribution in [-0.2, 0) is 0 Å². The molecule has 222 valence electrons. The standard InChI is InChI=1S/C30H20N2O12/c33-23-11-13(3-7-21(23)31-25(35)15-1-5-17(27(37)38)19(9-15)29(41)42)14-4-8-22(24(34)12-14)32-26(36)16-2-6-18(28(39)40)20(10-16)30(43)44/h1-12,33-34H,(H,31,35)(H,32,36)(H,37,38)(H,39,40)(H,41,42)(H,43,44). The van der Waals surface area contributed by atoms with Gasteiger partial charge in [0.15, 0.2) is 0 Å². The fourth-order valence-electron chi connectivity index (χ4n) is 4.12. The zero-order chi connectivity index (χ0) is 32.3. The van der Waals surface area contributed by atoms with Gasteiger partial charge in [0.25, 0.3) is 11.8 Å². The van der Waals surface area contributed by atoms with Crippen LogP contribution < -0.4 is 10.6 Å². The lowest BCUT2D eigenvalue weighted by atomic mass is 10.0. The maximum Gasteiger partial charge on any atom is 0.336 e. The molecule has 14 heteroatoms.